The van der Waals surface area contributed by atoms with E-state index in [9.17, 15) is 87.9 Å². The summed E-state index contributed by atoms with van der Waals surface area (Å²) in [6.07, 6.45) is 1.28. The van der Waals surface area contributed by atoms with Crippen LogP contribution in [0.25, 0.3) is 32.7 Å². The van der Waals surface area contributed by atoms with Crippen molar-refractivity contribution >= 4 is 122 Å². The lowest BCUT2D eigenvalue weighted by Gasteiger charge is -2.30. The molecule has 9 rings (SSSR count). The van der Waals surface area contributed by atoms with E-state index in [-0.39, 0.29) is 82.4 Å². The van der Waals surface area contributed by atoms with Crippen LogP contribution in [0.3, 0.4) is 0 Å². The van der Waals surface area contributed by atoms with Gasteiger partial charge in [-0.1, -0.05) is 92.7 Å². The van der Waals surface area contributed by atoms with E-state index in [4.69, 9.17) is 17.2 Å². The highest BCUT2D eigenvalue weighted by atomic mass is 16.4. The van der Waals surface area contributed by atoms with Gasteiger partial charge in [-0.2, -0.15) is 0 Å². The van der Waals surface area contributed by atoms with Crippen LogP contribution in [0, 0.1) is 5.92 Å². The summed E-state index contributed by atoms with van der Waals surface area (Å²) in [6, 6.07) is 15.8. The highest BCUT2D eigenvalue weighted by Gasteiger charge is 2.42. The van der Waals surface area contributed by atoms with Gasteiger partial charge in [-0.05, 0) is 134 Å². The molecule has 0 bridgehead atoms. The number of likely N-dealkylation sites (tertiary alicyclic amines) is 1. The van der Waals surface area contributed by atoms with Crippen LogP contribution < -0.4 is 70.4 Å². The average molecular weight is 1660 g/mol. The molecule has 3 aromatic heterocycles. The van der Waals surface area contributed by atoms with Crippen molar-refractivity contribution in [1.82, 2.24) is 73.0 Å². The van der Waals surface area contributed by atoms with Crippen molar-refractivity contribution in [1.29, 1.82) is 0 Å². The summed E-state index contributed by atoms with van der Waals surface area (Å²) in [6.45, 7) is 2.40. The maximum absolute atomic E-state index is 15.1. The molecule has 12 amide bonds. The number of phenolic OH excluding ortho intramolecular Hbond substituents is 2. The number of carbonyl (C=O) groups is 15. The Morgan fingerprint density at radius 2 is 0.883 bits per heavy atom. The van der Waals surface area contributed by atoms with Gasteiger partial charge in [-0.25, -0.2) is 4.79 Å². The topological polar surface area (TPSA) is 606 Å². The first-order chi connectivity index (χ1) is 57.3. The number of benzene rings is 5. The van der Waals surface area contributed by atoms with E-state index in [0.29, 0.717) is 66.9 Å². The van der Waals surface area contributed by atoms with Crippen molar-refractivity contribution in [2.24, 2.45) is 23.1 Å². The summed E-state index contributed by atoms with van der Waals surface area (Å²) in [5.41, 5.74) is 22.2. The Morgan fingerprint density at radius 1 is 0.458 bits per heavy atom. The molecule has 0 spiro atoms. The van der Waals surface area contributed by atoms with Gasteiger partial charge in [-0.3, -0.25) is 67.1 Å². The van der Waals surface area contributed by atoms with Gasteiger partial charge in [0.2, 0.25) is 70.9 Å². The fourth-order valence-electron chi connectivity index (χ4n) is 14.2. The van der Waals surface area contributed by atoms with Crippen molar-refractivity contribution < 1.29 is 97.5 Å². The smallest absolute Gasteiger partial charge is 0.326 e. The molecule has 120 heavy (non-hydrogen) atoms. The van der Waals surface area contributed by atoms with Crippen LogP contribution in [0.4, 0.5) is 0 Å². The van der Waals surface area contributed by atoms with E-state index in [1.807, 2.05) is 6.07 Å². The Morgan fingerprint density at radius 3 is 1.35 bits per heavy atom. The maximum Gasteiger partial charge on any atom is 0.326 e. The fraction of sp³-hybridized carbons (Fsp3) is 0.386. The molecule has 11 atom stereocenters. The lowest BCUT2D eigenvalue weighted by atomic mass is 9.99. The number of para-hydroxylation sites is 3. The fourth-order valence-corrected chi connectivity index (χ4v) is 14.2. The number of carbonyl (C=O) groups excluding carboxylic acids is 12. The molecule has 4 heterocycles. The molecule has 1 saturated heterocycles. The van der Waals surface area contributed by atoms with Crippen LogP contribution in [0.1, 0.15) is 106 Å². The number of phenols is 2. The molecule has 0 unspecified atom stereocenters. The predicted molar refractivity (Wildman–Crippen MR) is 436 cm³/mol. The lowest BCUT2D eigenvalue weighted by Crippen LogP contribution is -2.60. The summed E-state index contributed by atoms with van der Waals surface area (Å²) < 4.78 is 0. The summed E-state index contributed by atoms with van der Waals surface area (Å²) in [5.74, 6) is -16.8. The number of aromatic hydroxyl groups is 2. The second kappa shape index (κ2) is 42.9. The van der Waals surface area contributed by atoms with Gasteiger partial charge in [0, 0.05) is 96.4 Å². The quantitative estimate of drug-likeness (QED) is 0.0229. The Balaban J connectivity index is 0.892. The number of hydrogen-bond acceptors (Lipinski definition) is 19. The zero-order chi connectivity index (χ0) is 86.9. The Bertz CT molecular complexity index is 5030. The number of nitrogens with two attached hydrogens (primary N) is 3. The molecule has 0 radical (unpaired) electrons. The molecule has 37 heteroatoms. The molecule has 5 aromatic carbocycles. The SMILES string of the molecule is CC(C)[C@H](NC(=O)CNC(=O)[C@H](Cc1c[nH]c2ccccc12)NC(=O)[C@@H]1CCCN1C(=O)[C@H](CC(=O)O)NC(=O)[C@H](CCC(N)=O)NC(=O)[C@H](CCC(=O)O)NC(=O)[C@@H](N)Cc1ccc(O)cc1)C(=O)N[C@@H](CCCCN)C(=O)N[C@@H](Cc1c[nH]c2ccccc12)C(=O)N[C@@H](Cc1c[nH]c2ccccc12)C(=O)N[C@@H](Cc1ccc(O)cc1)C(=O)O. The first-order valence-electron chi connectivity index (χ1n) is 39.2. The van der Waals surface area contributed by atoms with Crippen LogP contribution in [0.5, 0.6) is 11.5 Å². The van der Waals surface area contributed by atoms with Gasteiger partial charge in [0.05, 0.1) is 19.0 Å². The molecule has 1 aliphatic heterocycles. The molecule has 638 valence electrons. The minimum atomic E-state index is -1.97. The zero-order valence-corrected chi connectivity index (χ0v) is 66.0. The van der Waals surface area contributed by atoms with Gasteiger partial charge in [-0.15, -0.1) is 0 Å². The minimum absolute atomic E-state index is 0.0430. The summed E-state index contributed by atoms with van der Waals surface area (Å²) in [5, 5.41) is 77.5. The Labute approximate surface area is 687 Å². The molecule has 1 fully saturated rings. The van der Waals surface area contributed by atoms with Gasteiger partial charge in [0.1, 0.15) is 71.9 Å². The van der Waals surface area contributed by atoms with E-state index in [0.717, 1.165) is 4.90 Å². The molecule has 24 N–H and O–H groups in total. The number of aliphatic carboxylic acids is 3. The second-order valence-corrected chi connectivity index (χ2v) is 29.9. The highest BCUT2D eigenvalue weighted by Crippen LogP contribution is 2.26. The number of nitrogens with one attached hydrogen (secondary N) is 13. The molecule has 8 aromatic rings. The average Bonchev–Trinajstić information content (AvgIpc) is 1.66. The van der Waals surface area contributed by atoms with Crippen LogP contribution >= 0.6 is 0 Å². The number of hydrogen-bond donors (Lipinski definition) is 21. The predicted octanol–water partition coefficient (Wildman–Crippen LogP) is 0.327. The summed E-state index contributed by atoms with van der Waals surface area (Å²) in [7, 11) is 0. The number of fused-ring (bicyclic) bond motifs is 3. The molecular weight excluding hydrogens is 1560 g/mol. The van der Waals surface area contributed by atoms with Crippen LogP contribution in [-0.4, -0.2) is 220 Å². The minimum Gasteiger partial charge on any atom is -0.508 e. The van der Waals surface area contributed by atoms with Crippen molar-refractivity contribution in [3.63, 3.8) is 0 Å². The number of nitrogens with zero attached hydrogens (tertiary/aromatic N) is 1. The first kappa shape index (κ1) is 90.2. The van der Waals surface area contributed by atoms with Crippen molar-refractivity contribution in [2.75, 3.05) is 19.6 Å². The van der Waals surface area contributed by atoms with Crippen LogP contribution in [0.2, 0.25) is 0 Å². The molecule has 37 nitrogen and oxygen atoms in total. The van der Waals surface area contributed by atoms with E-state index in [1.165, 1.54) is 48.5 Å². The lowest BCUT2D eigenvalue weighted by molar-refractivity contribution is -0.146. The Kier molecular flexibility index (Phi) is 32.3. The molecule has 0 aliphatic carbocycles. The number of aromatic amines is 3. The van der Waals surface area contributed by atoms with Crippen molar-refractivity contribution in [3.05, 3.63) is 168 Å². The molecule has 1 aliphatic rings. The third kappa shape index (κ3) is 25.6. The van der Waals surface area contributed by atoms with Gasteiger partial charge >= 0.3 is 17.9 Å². The van der Waals surface area contributed by atoms with E-state index in [1.54, 1.807) is 99.2 Å². The number of primary amides is 1. The monoisotopic (exact) mass is 1660 g/mol. The summed E-state index contributed by atoms with van der Waals surface area (Å²) in [4.78, 5) is 219. The number of amides is 12. The normalized spacial score (nSPS) is 15.1. The van der Waals surface area contributed by atoms with Crippen molar-refractivity contribution in [3.8, 4) is 11.5 Å². The van der Waals surface area contributed by atoms with Gasteiger partial charge < -0.3 is 116 Å². The molecule has 0 saturated carbocycles. The third-order valence-corrected chi connectivity index (χ3v) is 20.6. The Hall–Kier alpha value is -13.7. The summed E-state index contributed by atoms with van der Waals surface area (Å²) >= 11 is 0. The van der Waals surface area contributed by atoms with E-state index >= 15 is 9.59 Å². The number of H-pyrrole nitrogens is 3. The van der Waals surface area contributed by atoms with E-state index in [2.05, 4.69) is 68.1 Å². The standard InChI is InChI=1S/C83H101N17O20/c1-44(2)72(81(117)93-59(18-9-10-32-84)75(111)94-63(37-48-41-88-57-16-7-4-13-53(48)57)78(114)95-64(38-49-42-89-58-17-8-5-14-54(49)58)79(115)98-66(83(119)120)35-46-22-26-51(102)27-23-46)99-69(104)43-90-74(110)62(36-47-40-87-56-15-6-3-12-52(47)56)96-80(116)67-19-11-33-100(67)82(118)65(39-71(107)108)97-77(113)60(28-30-68(86)103)92-76(112)61(29-31-70(105)106)91-73(109)55(85)34-45-20-24-50(101)25-21-45/h3-8,12-17,20-27,40-42,44,55,59-67,72,87-89,101-102H,9-11,18-19,28-39,43,84-85H2,1-2H3,(H2,86,103)(H,90,110)(H,91,109)(H,92,112)(H,93,117)(H,94,111)(H,95,114)(H,96,116)(H,97,113)(H,98,115)(H,99,104)(H,105,106)(H,107,108)(H,119,120)/t55-,59-,60-,61-,62-,63-,64-,65-,66-,67-,72-/m0/s1. The van der Waals surface area contributed by atoms with E-state index < -0.39 is 200 Å². The van der Waals surface area contributed by atoms with Gasteiger partial charge in [0.25, 0.3) is 0 Å². The molecular formula is C83H101N17O20. The van der Waals surface area contributed by atoms with Gasteiger partial charge in [0.15, 0.2) is 0 Å². The number of unbranched alkanes of at least 4 members (excludes halogenated alkanes) is 1. The zero-order valence-electron chi connectivity index (χ0n) is 66.0. The second-order valence-electron chi connectivity index (χ2n) is 29.9. The maximum atomic E-state index is 15.1. The highest BCUT2D eigenvalue weighted by molar-refractivity contribution is 6.01. The van der Waals surface area contributed by atoms with Crippen LogP contribution in [-0.2, 0) is 104 Å². The number of carboxylic acid groups (broad SMARTS) is 3. The number of carboxylic acids is 3. The number of rotatable bonds is 45. The number of aromatic nitrogens is 3. The van der Waals surface area contributed by atoms with Crippen LogP contribution in [0.15, 0.2) is 140 Å². The first-order valence-corrected chi connectivity index (χ1v) is 39.2. The largest absolute Gasteiger partial charge is 0.508 e. The van der Waals surface area contributed by atoms with Crippen molar-refractivity contribution in [2.45, 2.75) is 177 Å². The third-order valence-electron chi connectivity index (χ3n) is 20.6.